The average Bonchev–Trinajstić information content (AvgIpc) is 2.63. The predicted octanol–water partition coefficient (Wildman–Crippen LogP) is 2.51. The van der Waals surface area contributed by atoms with E-state index in [0.717, 1.165) is 28.9 Å². The van der Waals surface area contributed by atoms with E-state index < -0.39 is 14.6 Å². The fraction of sp³-hybridized carbons (Fsp3) is 0.632. The van der Waals surface area contributed by atoms with Crippen LogP contribution in [0, 0.1) is 5.92 Å². The molecular weight excluding hydrogens is 382 g/mol. The Balaban J connectivity index is 1.87. The van der Waals surface area contributed by atoms with Gasteiger partial charge in [0.25, 0.3) is 0 Å². The zero-order valence-electron chi connectivity index (χ0n) is 16.9. The van der Waals surface area contributed by atoms with Gasteiger partial charge in [0.05, 0.1) is 17.6 Å². The first-order valence-corrected chi connectivity index (χ1v) is 11.8. The highest BCUT2D eigenvalue weighted by molar-refractivity contribution is 7.99. The van der Waals surface area contributed by atoms with Crippen LogP contribution >= 0.6 is 11.8 Å². The number of methoxy groups -OCH3 is 1. The number of aliphatic imine (C=N–C) groups is 1. The maximum Gasteiger partial charge on any atom is 0.193 e. The zero-order valence-corrected chi connectivity index (χ0v) is 18.5. The lowest BCUT2D eigenvalue weighted by Crippen LogP contribution is -2.57. The SMILES string of the molecule is CN=C(NCC(C)CSc1ccccc1OC)N1CCS(=O)(=O)C(C)(C)C1. The van der Waals surface area contributed by atoms with E-state index in [2.05, 4.69) is 23.3 Å². The summed E-state index contributed by atoms with van der Waals surface area (Å²) in [5.74, 6) is 3.20. The van der Waals surface area contributed by atoms with Crippen molar-refractivity contribution in [3.63, 3.8) is 0 Å². The standard InChI is InChI=1S/C19H31N3O3S2/c1-15(13-26-17-9-7-6-8-16(17)25-5)12-21-18(20-4)22-10-11-27(23,24)19(2,3)14-22/h6-9,15H,10-14H2,1-5H3,(H,20,21). The Bertz CT molecular complexity index is 763. The molecule has 1 aromatic rings. The average molecular weight is 414 g/mol. The van der Waals surface area contributed by atoms with Crippen molar-refractivity contribution in [2.45, 2.75) is 30.4 Å². The number of sulfone groups is 1. The number of hydrogen-bond donors (Lipinski definition) is 1. The second-order valence-corrected chi connectivity index (χ2v) is 11.3. The van der Waals surface area contributed by atoms with Gasteiger partial charge in [0, 0.05) is 37.3 Å². The Morgan fingerprint density at radius 3 is 2.74 bits per heavy atom. The highest BCUT2D eigenvalue weighted by Gasteiger charge is 2.40. The minimum atomic E-state index is -3.05. The van der Waals surface area contributed by atoms with Gasteiger partial charge in [0.15, 0.2) is 15.8 Å². The summed E-state index contributed by atoms with van der Waals surface area (Å²) >= 11 is 1.78. The third-order valence-electron chi connectivity index (χ3n) is 4.76. The molecule has 1 aliphatic heterocycles. The summed E-state index contributed by atoms with van der Waals surface area (Å²) in [6.45, 7) is 7.48. The Morgan fingerprint density at radius 1 is 1.41 bits per heavy atom. The Labute approximate surface area is 167 Å². The molecule has 0 aliphatic carbocycles. The van der Waals surface area contributed by atoms with Crippen LogP contribution in [0.5, 0.6) is 5.75 Å². The lowest BCUT2D eigenvalue weighted by molar-refractivity contribution is 0.351. The molecule has 0 saturated carbocycles. The summed E-state index contributed by atoms with van der Waals surface area (Å²) in [6, 6.07) is 8.03. The van der Waals surface area contributed by atoms with Crippen LogP contribution in [0.25, 0.3) is 0 Å². The molecule has 1 fully saturated rings. The summed E-state index contributed by atoms with van der Waals surface area (Å²) in [4.78, 5) is 7.53. The van der Waals surface area contributed by atoms with Crippen LogP contribution < -0.4 is 10.1 Å². The predicted molar refractivity (Wildman–Crippen MR) is 114 cm³/mol. The van der Waals surface area contributed by atoms with E-state index in [4.69, 9.17) is 4.74 Å². The van der Waals surface area contributed by atoms with Crippen LogP contribution in [-0.2, 0) is 9.84 Å². The smallest absolute Gasteiger partial charge is 0.193 e. The van der Waals surface area contributed by atoms with Crippen LogP contribution in [0.1, 0.15) is 20.8 Å². The van der Waals surface area contributed by atoms with Gasteiger partial charge in [-0.25, -0.2) is 8.42 Å². The lowest BCUT2D eigenvalue weighted by atomic mass is 10.2. The summed E-state index contributed by atoms with van der Waals surface area (Å²) < 4.78 is 29.0. The summed E-state index contributed by atoms with van der Waals surface area (Å²) in [5, 5.41) is 3.41. The monoisotopic (exact) mass is 413 g/mol. The number of nitrogens with zero attached hydrogens (tertiary/aromatic N) is 2. The van der Waals surface area contributed by atoms with E-state index >= 15 is 0 Å². The molecule has 27 heavy (non-hydrogen) atoms. The van der Waals surface area contributed by atoms with Gasteiger partial charge in [-0.15, -0.1) is 11.8 Å². The van der Waals surface area contributed by atoms with Crippen LogP contribution in [0.4, 0.5) is 0 Å². The van der Waals surface area contributed by atoms with Crippen LogP contribution in [0.15, 0.2) is 34.2 Å². The number of hydrogen-bond acceptors (Lipinski definition) is 5. The molecule has 0 radical (unpaired) electrons. The second kappa shape index (κ2) is 9.19. The fourth-order valence-corrected chi connectivity index (χ4v) is 5.37. The minimum Gasteiger partial charge on any atom is -0.496 e. The molecule has 1 N–H and O–H groups in total. The molecule has 2 rings (SSSR count). The number of benzene rings is 1. The maximum absolute atomic E-state index is 12.2. The van der Waals surface area contributed by atoms with E-state index in [1.807, 2.05) is 23.1 Å². The molecule has 8 heteroatoms. The van der Waals surface area contributed by atoms with E-state index in [9.17, 15) is 8.42 Å². The van der Waals surface area contributed by atoms with E-state index in [1.165, 1.54) is 0 Å². The van der Waals surface area contributed by atoms with Crippen molar-refractivity contribution in [1.82, 2.24) is 10.2 Å². The van der Waals surface area contributed by atoms with Gasteiger partial charge in [-0.1, -0.05) is 19.1 Å². The topological polar surface area (TPSA) is 71.0 Å². The molecule has 1 atom stereocenters. The number of para-hydroxylation sites is 1. The van der Waals surface area contributed by atoms with Crippen molar-refractivity contribution in [1.29, 1.82) is 0 Å². The third-order valence-corrected chi connectivity index (χ3v) is 8.67. The van der Waals surface area contributed by atoms with Crippen molar-refractivity contribution < 1.29 is 13.2 Å². The number of guanidine groups is 1. The first-order chi connectivity index (χ1) is 12.7. The highest BCUT2D eigenvalue weighted by Crippen LogP contribution is 2.30. The van der Waals surface area contributed by atoms with Crippen molar-refractivity contribution in [3.8, 4) is 5.75 Å². The molecule has 0 aromatic heterocycles. The van der Waals surface area contributed by atoms with E-state index in [0.29, 0.717) is 19.0 Å². The highest BCUT2D eigenvalue weighted by atomic mass is 32.2. The largest absolute Gasteiger partial charge is 0.496 e. The van der Waals surface area contributed by atoms with Gasteiger partial charge >= 0.3 is 0 Å². The molecule has 152 valence electrons. The number of thioether (sulfide) groups is 1. The van der Waals surface area contributed by atoms with Crippen molar-refractivity contribution in [2.24, 2.45) is 10.9 Å². The second-order valence-electron chi connectivity index (χ2n) is 7.50. The quantitative estimate of drug-likeness (QED) is 0.439. The van der Waals surface area contributed by atoms with Crippen LogP contribution in [0.3, 0.4) is 0 Å². The van der Waals surface area contributed by atoms with Crippen molar-refractivity contribution >= 4 is 27.6 Å². The third kappa shape index (κ3) is 5.54. The first-order valence-electron chi connectivity index (χ1n) is 9.14. The van der Waals surface area contributed by atoms with Crippen molar-refractivity contribution in [3.05, 3.63) is 24.3 Å². The lowest BCUT2D eigenvalue weighted by Gasteiger charge is -2.39. The molecule has 0 bridgehead atoms. The van der Waals surface area contributed by atoms with Gasteiger partial charge < -0.3 is 15.0 Å². The van der Waals surface area contributed by atoms with Crippen LogP contribution in [0.2, 0.25) is 0 Å². The molecule has 1 unspecified atom stereocenters. The van der Waals surface area contributed by atoms with E-state index in [-0.39, 0.29) is 5.75 Å². The van der Waals surface area contributed by atoms with Crippen molar-refractivity contribution in [2.75, 3.05) is 45.3 Å². The molecule has 0 spiro atoms. The summed E-state index contributed by atoms with van der Waals surface area (Å²) in [6.07, 6.45) is 0. The Kier molecular flexibility index (Phi) is 7.45. The maximum atomic E-state index is 12.2. The summed E-state index contributed by atoms with van der Waals surface area (Å²) in [5.41, 5.74) is 0. The van der Waals surface area contributed by atoms with E-state index in [1.54, 1.807) is 39.8 Å². The Morgan fingerprint density at radius 2 is 2.11 bits per heavy atom. The minimum absolute atomic E-state index is 0.167. The van der Waals surface area contributed by atoms with Gasteiger partial charge in [0.1, 0.15) is 5.75 Å². The van der Waals surface area contributed by atoms with Gasteiger partial charge in [-0.05, 0) is 31.9 Å². The summed E-state index contributed by atoms with van der Waals surface area (Å²) in [7, 11) is 0.379. The molecule has 1 saturated heterocycles. The number of rotatable bonds is 6. The Hall–Kier alpha value is -1.41. The molecule has 1 heterocycles. The van der Waals surface area contributed by atoms with Gasteiger partial charge in [-0.2, -0.15) is 0 Å². The molecule has 0 amide bonds. The molecule has 1 aliphatic rings. The molecule has 6 nitrogen and oxygen atoms in total. The first kappa shape index (κ1) is 21.9. The fourth-order valence-electron chi connectivity index (χ4n) is 2.95. The number of ether oxygens (including phenoxy) is 1. The number of nitrogens with one attached hydrogen (secondary N) is 1. The normalized spacial score (nSPS) is 20.2. The van der Waals surface area contributed by atoms with Gasteiger partial charge in [0.2, 0.25) is 0 Å². The molecule has 1 aromatic carbocycles. The van der Waals surface area contributed by atoms with Gasteiger partial charge in [-0.3, -0.25) is 4.99 Å². The zero-order chi connectivity index (χ0) is 20.1. The molecular formula is C19H31N3O3S2. The van der Waals surface area contributed by atoms with Crippen LogP contribution in [-0.4, -0.2) is 69.3 Å².